The third kappa shape index (κ3) is 7.63. The van der Waals surface area contributed by atoms with E-state index in [0.29, 0.717) is 6.61 Å². The Balaban J connectivity index is 1.54. The van der Waals surface area contributed by atoms with Gasteiger partial charge in [0.25, 0.3) is 0 Å². The Bertz CT molecular complexity index is 1240. The molecule has 0 aliphatic heterocycles. The van der Waals surface area contributed by atoms with E-state index in [0.717, 1.165) is 30.7 Å². The molecule has 4 heteroatoms. The van der Waals surface area contributed by atoms with Crippen molar-refractivity contribution in [3.05, 3.63) is 113 Å². The predicted octanol–water partition coefficient (Wildman–Crippen LogP) is 7.58. The van der Waals surface area contributed by atoms with E-state index in [2.05, 4.69) is 93.7 Å². The molecule has 0 radical (unpaired) electrons. The van der Waals surface area contributed by atoms with Crippen LogP contribution in [0.5, 0.6) is 5.75 Å². The van der Waals surface area contributed by atoms with Gasteiger partial charge in [-0.25, -0.2) is 0 Å². The number of rotatable bonds is 13. The molecule has 0 bridgehead atoms. The second-order valence-corrected chi connectivity index (χ2v) is 12.2. The minimum Gasteiger partial charge on any atom is -0.494 e. The van der Waals surface area contributed by atoms with Gasteiger partial charge in [0.15, 0.2) is 0 Å². The third-order valence-corrected chi connectivity index (χ3v) is 8.41. The van der Waals surface area contributed by atoms with E-state index in [9.17, 15) is 4.79 Å². The van der Waals surface area contributed by atoms with Crippen LogP contribution in [0.3, 0.4) is 0 Å². The van der Waals surface area contributed by atoms with Crippen molar-refractivity contribution >= 4 is 5.91 Å². The van der Waals surface area contributed by atoms with Crippen molar-refractivity contribution < 1.29 is 9.53 Å². The highest BCUT2D eigenvalue weighted by molar-refractivity contribution is 5.76. The summed E-state index contributed by atoms with van der Waals surface area (Å²) in [5.74, 6) is 0.726. The fourth-order valence-electron chi connectivity index (χ4n) is 6.88. The number of hydrogen-bond acceptors (Lipinski definition) is 3. The maximum Gasteiger partial charge on any atom is 0.221 e. The molecule has 3 aromatic rings. The number of ether oxygens (including phenoxy) is 1. The van der Waals surface area contributed by atoms with Crippen LogP contribution in [-0.4, -0.2) is 24.6 Å². The molecule has 0 heterocycles. The van der Waals surface area contributed by atoms with E-state index in [4.69, 9.17) is 10.5 Å². The highest BCUT2D eigenvalue weighted by Crippen LogP contribution is 2.48. The number of allylic oxidation sites excluding steroid dienone is 1. The van der Waals surface area contributed by atoms with Crippen molar-refractivity contribution in [1.82, 2.24) is 5.32 Å². The van der Waals surface area contributed by atoms with Gasteiger partial charge in [-0.15, -0.1) is 0 Å². The van der Waals surface area contributed by atoms with Gasteiger partial charge in [-0.1, -0.05) is 92.2 Å². The highest BCUT2D eigenvalue weighted by atomic mass is 16.5. The molecule has 1 aliphatic rings. The number of carbonyl (C=O) groups excluding carboxylic acids is 1. The summed E-state index contributed by atoms with van der Waals surface area (Å²) in [6.07, 6.45) is 5.72. The van der Waals surface area contributed by atoms with Gasteiger partial charge in [0.05, 0.1) is 13.0 Å². The summed E-state index contributed by atoms with van der Waals surface area (Å²) in [5.41, 5.74) is 12.0. The molecule has 0 saturated heterocycles. The lowest BCUT2D eigenvalue weighted by Gasteiger charge is -2.47. The van der Waals surface area contributed by atoms with E-state index >= 15 is 0 Å². The molecule has 4 nitrogen and oxygen atoms in total. The van der Waals surface area contributed by atoms with Gasteiger partial charge in [0.1, 0.15) is 5.75 Å². The molecular weight excluding hydrogens is 492 g/mol. The minimum atomic E-state index is -0.333. The fourth-order valence-corrected chi connectivity index (χ4v) is 6.88. The summed E-state index contributed by atoms with van der Waals surface area (Å²) >= 11 is 0. The summed E-state index contributed by atoms with van der Waals surface area (Å²) < 4.78 is 6.07. The molecule has 1 unspecified atom stereocenters. The average Bonchev–Trinajstić information content (AvgIpc) is 2.92. The fraction of sp³-hybridized carbons (Fsp3) is 0.417. The quantitative estimate of drug-likeness (QED) is 0.174. The molecule has 4 rings (SSSR count). The van der Waals surface area contributed by atoms with Crippen LogP contribution in [0.25, 0.3) is 0 Å². The van der Waals surface area contributed by atoms with Crippen LogP contribution < -0.4 is 15.8 Å². The number of primary amides is 1. The summed E-state index contributed by atoms with van der Waals surface area (Å²) in [6.45, 7) is 11.1. The third-order valence-electron chi connectivity index (χ3n) is 8.41. The Morgan fingerprint density at radius 3 is 2.25 bits per heavy atom. The Morgan fingerprint density at radius 1 is 1.00 bits per heavy atom. The van der Waals surface area contributed by atoms with Crippen molar-refractivity contribution in [2.24, 2.45) is 11.1 Å². The first-order valence-electron chi connectivity index (χ1n) is 14.7. The van der Waals surface area contributed by atoms with E-state index < -0.39 is 0 Å². The van der Waals surface area contributed by atoms with E-state index in [1.54, 1.807) is 5.57 Å². The summed E-state index contributed by atoms with van der Waals surface area (Å²) in [5, 5.41) is 4.05. The number of nitrogens with one attached hydrogen (secondary N) is 1. The highest BCUT2D eigenvalue weighted by Gasteiger charge is 2.42. The first-order valence-corrected chi connectivity index (χ1v) is 14.7. The molecule has 0 fully saturated rings. The van der Waals surface area contributed by atoms with Crippen LogP contribution >= 0.6 is 0 Å². The molecule has 1 atom stereocenters. The van der Waals surface area contributed by atoms with Crippen molar-refractivity contribution in [1.29, 1.82) is 0 Å². The van der Waals surface area contributed by atoms with Gasteiger partial charge in [-0.3, -0.25) is 4.79 Å². The number of nitrogens with two attached hydrogens (primary N) is 1. The van der Waals surface area contributed by atoms with Gasteiger partial charge in [-0.2, -0.15) is 0 Å². The van der Waals surface area contributed by atoms with Crippen LogP contribution in [0, 0.1) is 5.41 Å². The van der Waals surface area contributed by atoms with Gasteiger partial charge in [0, 0.05) is 11.5 Å². The molecule has 1 amide bonds. The van der Waals surface area contributed by atoms with Gasteiger partial charge >= 0.3 is 0 Å². The van der Waals surface area contributed by atoms with E-state index in [-0.39, 0.29) is 29.2 Å². The maximum atomic E-state index is 11.3. The SMILES string of the molecule is CC1=C(C(C)(CC(c2ccccc2)c2ccccc2)NCCCOc2cccc(CC(N)=O)c2)C(C)(C)CCC1. The van der Waals surface area contributed by atoms with Crippen molar-refractivity contribution in [2.75, 3.05) is 13.2 Å². The molecule has 0 spiro atoms. The van der Waals surface area contributed by atoms with Crippen LogP contribution in [-0.2, 0) is 11.2 Å². The monoisotopic (exact) mass is 538 g/mol. The van der Waals surface area contributed by atoms with Crippen molar-refractivity contribution in [3.8, 4) is 5.75 Å². The van der Waals surface area contributed by atoms with Gasteiger partial charge in [-0.05, 0) is 92.3 Å². The summed E-state index contributed by atoms with van der Waals surface area (Å²) in [6, 6.07) is 29.6. The van der Waals surface area contributed by atoms with Crippen molar-refractivity contribution in [2.45, 2.75) is 77.7 Å². The molecule has 1 aliphatic carbocycles. The minimum absolute atomic E-state index is 0.138. The van der Waals surface area contributed by atoms with Crippen LogP contribution in [0.15, 0.2) is 96.1 Å². The Kier molecular flexibility index (Phi) is 9.86. The molecule has 0 saturated carbocycles. The lowest BCUT2D eigenvalue weighted by Crippen LogP contribution is -2.51. The Labute approximate surface area is 241 Å². The van der Waals surface area contributed by atoms with Gasteiger partial charge < -0.3 is 15.8 Å². The lowest BCUT2D eigenvalue weighted by molar-refractivity contribution is -0.117. The van der Waals surface area contributed by atoms with Crippen LogP contribution in [0.2, 0.25) is 0 Å². The zero-order valence-corrected chi connectivity index (χ0v) is 24.7. The van der Waals surface area contributed by atoms with Crippen LogP contribution in [0.1, 0.15) is 82.4 Å². The number of hydrogen-bond donors (Lipinski definition) is 2. The lowest BCUT2D eigenvalue weighted by atomic mass is 9.63. The van der Waals surface area contributed by atoms with Crippen LogP contribution in [0.4, 0.5) is 0 Å². The number of amides is 1. The maximum absolute atomic E-state index is 11.3. The largest absolute Gasteiger partial charge is 0.494 e. The molecule has 3 N–H and O–H groups in total. The molecule has 0 aromatic heterocycles. The number of benzene rings is 3. The first-order chi connectivity index (χ1) is 19.2. The van der Waals surface area contributed by atoms with Crippen molar-refractivity contribution in [3.63, 3.8) is 0 Å². The molecule has 3 aromatic carbocycles. The standard InChI is InChI=1S/C36H46N2O2/c1-27-14-12-21-35(2,3)34(27)36(4,26-32(29-16-7-5-8-17-29)30-18-9-6-10-19-30)38-22-13-23-40-31-20-11-15-28(24-31)25-33(37)39/h5-11,15-20,24,32,38H,12-14,21-23,25-26H2,1-4H3,(H2,37,39). The molecular formula is C36H46N2O2. The predicted molar refractivity (Wildman–Crippen MR) is 166 cm³/mol. The summed E-state index contributed by atoms with van der Waals surface area (Å²) in [7, 11) is 0. The van der Waals surface area contributed by atoms with Gasteiger partial charge in [0.2, 0.25) is 5.91 Å². The van der Waals surface area contributed by atoms with E-state index in [1.807, 2.05) is 24.3 Å². The Hall–Kier alpha value is -3.37. The van der Waals surface area contributed by atoms with E-state index in [1.165, 1.54) is 36.0 Å². The zero-order valence-electron chi connectivity index (χ0n) is 24.7. The molecule has 212 valence electrons. The zero-order chi connectivity index (χ0) is 28.6. The molecule has 40 heavy (non-hydrogen) atoms. The Morgan fingerprint density at radius 2 is 1.65 bits per heavy atom. The smallest absolute Gasteiger partial charge is 0.221 e. The second kappa shape index (κ2) is 13.3. The summed E-state index contributed by atoms with van der Waals surface area (Å²) in [4.78, 5) is 11.3. The first kappa shape index (κ1) is 29.6. The topological polar surface area (TPSA) is 64.3 Å². The average molecular weight is 539 g/mol. The normalized spacial score (nSPS) is 16.5. The second-order valence-electron chi connectivity index (χ2n) is 12.2. The number of carbonyl (C=O) groups is 1.